The third kappa shape index (κ3) is 4.68. The highest BCUT2D eigenvalue weighted by atomic mass is 19.4. The topological polar surface area (TPSA) is 41.5 Å². The Bertz CT molecular complexity index is 419. The normalized spacial score (nSPS) is 16.6. The summed E-state index contributed by atoms with van der Waals surface area (Å²) in [6.45, 7) is 5.64. The molecule has 0 amide bonds. The first-order chi connectivity index (χ1) is 9.20. The third-order valence-corrected chi connectivity index (χ3v) is 3.22. The van der Waals surface area contributed by atoms with Crippen molar-refractivity contribution in [2.75, 3.05) is 6.61 Å². The lowest BCUT2D eigenvalue weighted by molar-refractivity contribution is -0.274. The molecule has 0 heterocycles. The van der Waals surface area contributed by atoms with E-state index in [1.165, 1.54) is 24.3 Å². The van der Waals surface area contributed by atoms with Gasteiger partial charge in [0.1, 0.15) is 5.75 Å². The van der Waals surface area contributed by atoms with Crippen molar-refractivity contribution >= 4 is 0 Å². The standard InChI is InChI=1S/C14H20F3NO2/c1-4-10(2)18-13(3,9-19)11-5-7-12(8-6-11)20-14(15,16)17/h5-8,10,18-19H,4,9H2,1-3H3. The molecule has 114 valence electrons. The zero-order valence-electron chi connectivity index (χ0n) is 11.8. The second kappa shape index (κ2) is 6.45. The van der Waals surface area contributed by atoms with Gasteiger partial charge in [-0.3, -0.25) is 0 Å². The van der Waals surface area contributed by atoms with Gasteiger partial charge in [0.2, 0.25) is 0 Å². The van der Waals surface area contributed by atoms with E-state index in [0.717, 1.165) is 6.42 Å². The molecule has 0 aromatic heterocycles. The molecule has 6 heteroatoms. The Morgan fingerprint density at radius 1 is 1.25 bits per heavy atom. The molecule has 0 aliphatic rings. The molecule has 1 rings (SSSR count). The van der Waals surface area contributed by atoms with E-state index >= 15 is 0 Å². The fourth-order valence-electron chi connectivity index (χ4n) is 1.89. The van der Waals surface area contributed by atoms with Crippen molar-refractivity contribution in [3.8, 4) is 5.75 Å². The summed E-state index contributed by atoms with van der Waals surface area (Å²) in [5.74, 6) is -0.273. The van der Waals surface area contributed by atoms with E-state index in [9.17, 15) is 18.3 Å². The average molecular weight is 291 g/mol. The Morgan fingerprint density at radius 3 is 2.20 bits per heavy atom. The van der Waals surface area contributed by atoms with Gasteiger partial charge in [0.15, 0.2) is 0 Å². The largest absolute Gasteiger partial charge is 0.573 e. The van der Waals surface area contributed by atoms with Crippen molar-refractivity contribution in [2.45, 2.75) is 45.1 Å². The van der Waals surface area contributed by atoms with E-state index in [4.69, 9.17) is 0 Å². The number of aliphatic hydroxyl groups excluding tert-OH is 1. The minimum absolute atomic E-state index is 0.156. The van der Waals surface area contributed by atoms with Crippen LogP contribution in [0, 0.1) is 0 Å². The van der Waals surface area contributed by atoms with E-state index in [-0.39, 0.29) is 18.4 Å². The fraction of sp³-hybridized carbons (Fsp3) is 0.571. The summed E-state index contributed by atoms with van der Waals surface area (Å²) < 4.78 is 40.1. The molecule has 0 bridgehead atoms. The highest BCUT2D eigenvalue weighted by Crippen LogP contribution is 2.27. The first kappa shape index (κ1) is 16.8. The molecule has 0 aliphatic heterocycles. The second-order valence-corrected chi connectivity index (χ2v) is 5.02. The molecule has 1 aromatic rings. The highest BCUT2D eigenvalue weighted by molar-refractivity contribution is 5.32. The van der Waals surface area contributed by atoms with E-state index in [1.54, 1.807) is 6.92 Å². The van der Waals surface area contributed by atoms with Crippen molar-refractivity contribution in [3.63, 3.8) is 0 Å². The summed E-state index contributed by atoms with van der Waals surface area (Å²) in [5.41, 5.74) is 0.00135. The van der Waals surface area contributed by atoms with Crippen molar-refractivity contribution < 1.29 is 23.0 Å². The predicted molar refractivity (Wildman–Crippen MR) is 70.5 cm³/mol. The number of hydrogen-bond donors (Lipinski definition) is 2. The van der Waals surface area contributed by atoms with Crippen LogP contribution < -0.4 is 10.1 Å². The van der Waals surface area contributed by atoms with Crippen LogP contribution in [-0.4, -0.2) is 24.1 Å². The van der Waals surface area contributed by atoms with Gasteiger partial charge < -0.3 is 15.2 Å². The monoisotopic (exact) mass is 291 g/mol. The molecule has 0 saturated carbocycles. The Balaban J connectivity index is 2.89. The molecule has 1 aromatic carbocycles. The molecule has 2 unspecified atom stereocenters. The van der Waals surface area contributed by atoms with E-state index in [1.807, 2.05) is 13.8 Å². The van der Waals surface area contributed by atoms with Crippen LogP contribution in [0.4, 0.5) is 13.2 Å². The lowest BCUT2D eigenvalue weighted by Gasteiger charge is -2.32. The number of benzene rings is 1. The van der Waals surface area contributed by atoms with Crippen molar-refractivity contribution in [1.29, 1.82) is 0 Å². The first-order valence-corrected chi connectivity index (χ1v) is 6.45. The van der Waals surface area contributed by atoms with Gasteiger partial charge in [-0.1, -0.05) is 19.1 Å². The quantitative estimate of drug-likeness (QED) is 0.846. The molecular formula is C14H20F3NO2. The Morgan fingerprint density at radius 2 is 1.80 bits per heavy atom. The molecule has 3 nitrogen and oxygen atoms in total. The van der Waals surface area contributed by atoms with E-state index in [0.29, 0.717) is 5.56 Å². The van der Waals surface area contributed by atoms with Crippen LogP contribution in [0.25, 0.3) is 0 Å². The third-order valence-electron chi connectivity index (χ3n) is 3.22. The molecule has 0 fully saturated rings. The number of halogens is 3. The summed E-state index contributed by atoms with van der Waals surface area (Å²) in [6, 6.07) is 5.71. The summed E-state index contributed by atoms with van der Waals surface area (Å²) in [5, 5.41) is 12.8. The lowest BCUT2D eigenvalue weighted by Crippen LogP contribution is -2.47. The minimum atomic E-state index is -4.70. The number of alkyl halides is 3. The SMILES string of the molecule is CCC(C)NC(C)(CO)c1ccc(OC(F)(F)F)cc1. The molecular weight excluding hydrogens is 271 g/mol. The van der Waals surface area contributed by atoms with Gasteiger partial charge in [-0.05, 0) is 38.0 Å². The van der Waals surface area contributed by atoms with Gasteiger partial charge in [0.25, 0.3) is 0 Å². The van der Waals surface area contributed by atoms with Crippen LogP contribution >= 0.6 is 0 Å². The maximum Gasteiger partial charge on any atom is 0.573 e. The van der Waals surface area contributed by atoms with Crippen LogP contribution in [0.1, 0.15) is 32.8 Å². The summed E-state index contributed by atoms with van der Waals surface area (Å²) in [7, 11) is 0. The van der Waals surface area contributed by atoms with Gasteiger partial charge in [-0.2, -0.15) is 0 Å². The van der Waals surface area contributed by atoms with Gasteiger partial charge in [0.05, 0.1) is 12.1 Å². The Hall–Kier alpha value is -1.27. The summed E-state index contributed by atoms with van der Waals surface area (Å²) in [4.78, 5) is 0. The number of hydrogen-bond acceptors (Lipinski definition) is 3. The van der Waals surface area contributed by atoms with Crippen LogP contribution in [0.15, 0.2) is 24.3 Å². The number of aliphatic hydroxyl groups is 1. The van der Waals surface area contributed by atoms with Crippen LogP contribution in [0.5, 0.6) is 5.75 Å². The maximum atomic E-state index is 12.1. The van der Waals surface area contributed by atoms with Crippen LogP contribution in [0.3, 0.4) is 0 Å². The molecule has 0 saturated heterocycles. The molecule has 20 heavy (non-hydrogen) atoms. The zero-order valence-corrected chi connectivity index (χ0v) is 11.8. The Kier molecular flexibility index (Phi) is 5.42. The number of rotatable bonds is 6. The Labute approximate surface area is 116 Å². The molecule has 0 spiro atoms. The molecule has 2 atom stereocenters. The maximum absolute atomic E-state index is 12.1. The molecule has 2 N–H and O–H groups in total. The first-order valence-electron chi connectivity index (χ1n) is 6.45. The second-order valence-electron chi connectivity index (χ2n) is 5.02. The van der Waals surface area contributed by atoms with Crippen LogP contribution in [-0.2, 0) is 5.54 Å². The van der Waals surface area contributed by atoms with Crippen LogP contribution in [0.2, 0.25) is 0 Å². The number of ether oxygens (including phenoxy) is 1. The van der Waals surface area contributed by atoms with Gasteiger partial charge >= 0.3 is 6.36 Å². The van der Waals surface area contributed by atoms with E-state index in [2.05, 4.69) is 10.1 Å². The predicted octanol–water partition coefficient (Wildman–Crippen LogP) is 3.18. The minimum Gasteiger partial charge on any atom is -0.406 e. The smallest absolute Gasteiger partial charge is 0.406 e. The summed E-state index contributed by atoms with van der Waals surface area (Å²) in [6.07, 6.45) is -3.82. The molecule has 0 aliphatic carbocycles. The van der Waals surface area contributed by atoms with Crippen molar-refractivity contribution in [3.05, 3.63) is 29.8 Å². The zero-order chi connectivity index (χ0) is 15.4. The van der Waals surface area contributed by atoms with Gasteiger partial charge in [0, 0.05) is 6.04 Å². The highest BCUT2D eigenvalue weighted by Gasteiger charge is 2.32. The molecule has 0 radical (unpaired) electrons. The lowest BCUT2D eigenvalue weighted by atomic mass is 9.91. The van der Waals surface area contributed by atoms with Crippen molar-refractivity contribution in [1.82, 2.24) is 5.32 Å². The van der Waals surface area contributed by atoms with E-state index < -0.39 is 11.9 Å². The van der Waals surface area contributed by atoms with Crippen molar-refractivity contribution in [2.24, 2.45) is 0 Å². The average Bonchev–Trinajstić information content (AvgIpc) is 2.37. The summed E-state index contributed by atoms with van der Waals surface area (Å²) >= 11 is 0. The number of nitrogens with one attached hydrogen (secondary N) is 1. The van der Waals surface area contributed by atoms with Gasteiger partial charge in [-0.15, -0.1) is 13.2 Å². The fourth-order valence-corrected chi connectivity index (χ4v) is 1.89. The van der Waals surface area contributed by atoms with Gasteiger partial charge in [-0.25, -0.2) is 0 Å².